The van der Waals surface area contributed by atoms with Gasteiger partial charge in [0.25, 0.3) is 0 Å². The summed E-state index contributed by atoms with van der Waals surface area (Å²) in [7, 11) is 1.68. The van der Waals surface area contributed by atoms with Gasteiger partial charge < -0.3 is 14.8 Å². The second kappa shape index (κ2) is 6.74. The zero-order chi connectivity index (χ0) is 17.4. The van der Waals surface area contributed by atoms with Crippen molar-refractivity contribution in [3.05, 3.63) is 29.5 Å². The number of rotatable bonds is 6. The second-order valence-electron chi connectivity index (χ2n) is 7.56. The molecule has 0 saturated heterocycles. The fourth-order valence-electron chi connectivity index (χ4n) is 4.77. The van der Waals surface area contributed by atoms with Gasteiger partial charge in [-0.15, -0.1) is 0 Å². The van der Waals surface area contributed by atoms with Crippen LogP contribution in [0.4, 0.5) is 5.69 Å². The van der Waals surface area contributed by atoms with Crippen LogP contribution < -0.4 is 14.8 Å². The van der Waals surface area contributed by atoms with Crippen molar-refractivity contribution in [1.82, 2.24) is 0 Å². The molecule has 2 fully saturated rings. The van der Waals surface area contributed by atoms with E-state index in [1.54, 1.807) is 7.11 Å². The van der Waals surface area contributed by atoms with E-state index in [-0.39, 0.29) is 5.78 Å². The number of hydrogen-bond donors (Lipinski definition) is 1. The highest BCUT2D eigenvalue weighted by atomic mass is 16.5. The summed E-state index contributed by atoms with van der Waals surface area (Å²) in [4.78, 5) is 11.9. The summed E-state index contributed by atoms with van der Waals surface area (Å²) in [6.07, 6.45) is 7.68. The summed E-state index contributed by atoms with van der Waals surface area (Å²) in [5, 5.41) is 3.45. The van der Waals surface area contributed by atoms with Gasteiger partial charge in [-0.3, -0.25) is 4.79 Å². The number of benzene rings is 1. The molecule has 0 heterocycles. The van der Waals surface area contributed by atoms with Gasteiger partial charge in [0.2, 0.25) is 0 Å². The zero-order valence-corrected chi connectivity index (χ0v) is 15.1. The number of carbonyl (C=O) groups is 1. The third kappa shape index (κ3) is 3.14. The number of anilines is 1. The topological polar surface area (TPSA) is 47.6 Å². The third-order valence-corrected chi connectivity index (χ3v) is 6.07. The van der Waals surface area contributed by atoms with Gasteiger partial charge in [-0.2, -0.15) is 0 Å². The number of ether oxygens (including phenoxy) is 2. The standard InChI is InChI=1S/C21H27NO3/c1-3-16-17(7-8-18(16)23)22-15-6-9-19(24-2)21(12-15)25-20-11-13-4-5-14(20)10-13/h6,9,12-14,20,22H,3-5,7-8,10-11H2,1-2H3/t13-,14+,20+/m0/s1. The molecule has 4 nitrogen and oxygen atoms in total. The van der Waals surface area contributed by atoms with Crippen LogP contribution in [0.5, 0.6) is 11.5 Å². The Labute approximate surface area is 149 Å². The van der Waals surface area contributed by atoms with Crippen molar-refractivity contribution < 1.29 is 14.3 Å². The van der Waals surface area contributed by atoms with E-state index in [1.807, 2.05) is 25.1 Å². The first-order valence-electron chi connectivity index (χ1n) is 9.54. The van der Waals surface area contributed by atoms with Crippen LogP contribution in [0.3, 0.4) is 0 Å². The lowest BCUT2D eigenvalue weighted by molar-refractivity contribution is -0.115. The maximum Gasteiger partial charge on any atom is 0.163 e. The molecule has 0 radical (unpaired) electrons. The van der Waals surface area contributed by atoms with E-state index in [9.17, 15) is 4.79 Å². The first-order valence-corrected chi connectivity index (χ1v) is 9.54. The number of fused-ring (bicyclic) bond motifs is 2. The lowest BCUT2D eigenvalue weighted by Gasteiger charge is -2.24. The number of hydrogen-bond acceptors (Lipinski definition) is 4. The van der Waals surface area contributed by atoms with Gasteiger partial charge in [0.15, 0.2) is 17.3 Å². The molecular formula is C21H27NO3. The van der Waals surface area contributed by atoms with Crippen LogP contribution in [0, 0.1) is 11.8 Å². The van der Waals surface area contributed by atoms with Gasteiger partial charge in [0, 0.05) is 29.4 Å². The van der Waals surface area contributed by atoms with Crippen molar-refractivity contribution in [3.63, 3.8) is 0 Å². The van der Waals surface area contributed by atoms with E-state index in [4.69, 9.17) is 9.47 Å². The first kappa shape index (κ1) is 16.5. The van der Waals surface area contributed by atoms with Gasteiger partial charge in [0.1, 0.15) is 6.10 Å². The molecule has 1 N–H and O–H groups in total. The summed E-state index contributed by atoms with van der Waals surface area (Å²) in [6, 6.07) is 5.97. The van der Waals surface area contributed by atoms with Gasteiger partial charge in [-0.05, 0) is 62.5 Å². The van der Waals surface area contributed by atoms with Crippen LogP contribution in [0.25, 0.3) is 0 Å². The Hall–Kier alpha value is -1.97. The Bertz CT molecular complexity index is 709. The van der Waals surface area contributed by atoms with E-state index >= 15 is 0 Å². The largest absolute Gasteiger partial charge is 0.493 e. The highest BCUT2D eigenvalue weighted by Gasteiger charge is 2.41. The van der Waals surface area contributed by atoms with Crippen LogP contribution in [-0.4, -0.2) is 19.0 Å². The molecule has 25 heavy (non-hydrogen) atoms. The first-order chi connectivity index (χ1) is 12.2. The molecule has 0 aromatic heterocycles. The lowest BCUT2D eigenvalue weighted by atomic mass is 9.98. The van der Waals surface area contributed by atoms with Crippen LogP contribution in [0.2, 0.25) is 0 Å². The van der Waals surface area contributed by atoms with Crippen molar-refractivity contribution in [1.29, 1.82) is 0 Å². The van der Waals surface area contributed by atoms with Gasteiger partial charge >= 0.3 is 0 Å². The van der Waals surface area contributed by atoms with E-state index in [0.717, 1.165) is 47.2 Å². The average Bonchev–Trinajstić information content (AvgIpc) is 3.31. The minimum Gasteiger partial charge on any atom is -0.493 e. The molecule has 4 heteroatoms. The van der Waals surface area contributed by atoms with Crippen LogP contribution in [0.15, 0.2) is 29.5 Å². The molecular weight excluding hydrogens is 314 g/mol. The summed E-state index contributed by atoms with van der Waals surface area (Å²) in [6.45, 7) is 2.04. The van der Waals surface area contributed by atoms with E-state index in [1.165, 1.54) is 25.7 Å². The SMILES string of the molecule is CCC1=C(Nc2ccc(OC)c(O[C@@H]3C[C@H]4CC[C@@H]3C4)c2)CCC1=O. The molecule has 0 amide bonds. The van der Waals surface area contributed by atoms with Crippen molar-refractivity contribution in [2.45, 2.75) is 58.0 Å². The number of carbonyl (C=O) groups excluding carboxylic acids is 1. The number of allylic oxidation sites excluding steroid dienone is 2. The van der Waals surface area contributed by atoms with Gasteiger partial charge in [0.05, 0.1) is 7.11 Å². The molecule has 3 aliphatic rings. The molecule has 2 bridgehead atoms. The molecule has 0 unspecified atom stereocenters. The van der Waals surface area contributed by atoms with Gasteiger partial charge in [-0.25, -0.2) is 0 Å². The predicted octanol–water partition coefficient (Wildman–Crippen LogP) is 4.70. The number of Topliss-reactive ketones (excluding diaryl/α,β-unsaturated/α-hetero) is 1. The lowest BCUT2D eigenvalue weighted by Crippen LogP contribution is -2.23. The monoisotopic (exact) mass is 341 g/mol. The van der Waals surface area contributed by atoms with E-state index < -0.39 is 0 Å². The number of ketones is 1. The quantitative estimate of drug-likeness (QED) is 0.814. The molecule has 0 spiro atoms. The second-order valence-corrected chi connectivity index (χ2v) is 7.56. The predicted molar refractivity (Wildman–Crippen MR) is 98.0 cm³/mol. The van der Waals surface area contributed by atoms with E-state index in [0.29, 0.717) is 18.4 Å². The average molecular weight is 341 g/mol. The molecule has 134 valence electrons. The molecule has 0 aliphatic heterocycles. The van der Waals surface area contributed by atoms with Crippen molar-refractivity contribution in [2.75, 3.05) is 12.4 Å². The smallest absolute Gasteiger partial charge is 0.163 e. The fraction of sp³-hybridized carbons (Fsp3) is 0.571. The summed E-state index contributed by atoms with van der Waals surface area (Å²) in [5.41, 5.74) is 2.96. The molecule has 2 saturated carbocycles. The minimum atomic E-state index is 0.275. The Morgan fingerprint density at radius 1 is 1.16 bits per heavy atom. The summed E-state index contributed by atoms with van der Waals surface area (Å²) in [5.74, 6) is 3.42. The molecule has 4 rings (SSSR count). The highest BCUT2D eigenvalue weighted by molar-refractivity contribution is 5.99. The van der Waals surface area contributed by atoms with Gasteiger partial charge in [-0.1, -0.05) is 6.92 Å². The van der Waals surface area contributed by atoms with Crippen molar-refractivity contribution in [3.8, 4) is 11.5 Å². The Morgan fingerprint density at radius 3 is 2.72 bits per heavy atom. The minimum absolute atomic E-state index is 0.275. The zero-order valence-electron chi connectivity index (χ0n) is 15.1. The fourth-order valence-corrected chi connectivity index (χ4v) is 4.77. The Morgan fingerprint density at radius 2 is 2.04 bits per heavy atom. The molecule has 1 aromatic rings. The van der Waals surface area contributed by atoms with Crippen LogP contribution in [0.1, 0.15) is 51.9 Å². The van der Waals surface area contributed by atoms with Crippen LogP contribution >= 0.6 is 0 Å². The Balaban J connectivity index is 1.54. The molecule has 3 aliphatic carbocycles. The number of nitrogens with one attached hydrogen (secondary N) is 1. The highest BCUT2D eigenvalue weighted by Crippen LogP contribution is 2.47. The normalized spacial score (nSPS) is 27.9. The number of methoxy groups -OCH3 is 1. The maximum atomic E-state index is 11.9. The maximum absolute atomic E-state index is 11.9. The van der Waals surface area contributed by atoms with Crippen molar-refractivity contribution in [2.24, 2.45) is 11.8 Å². The Kier molecular flexibility index (Phi) is 4.45. The van der Waals surface area contributed by atoms with Crippen molar-refractivity contribution >= 4 is 11.5 Å². The third-order valence-electron chi connectivity index (χ3n) is 6.07. The summed E-state index contributed by atoms with van der Waals surface area (Å²) >= 11 is 0. The summed E-state index contributed by atoms with van der Waals surface area (Å²) < 4.78 is 11.9. The molecule has 1 aromatic carbocycles. The molecule has 3 atom stereocenters. The van der Waals surface area contributed by atoms with Crippen LogP contribution in [-0.2, 0) is 4.79 Å². The van der Waals surface area contributed by atoms with E-state index in [2.05, 4.69) is 5.32 Å².